The quantitative estimate of drug-likeness (QED) is 0.439. The number of anilines is 1. The molecule has 0 aliphatic carbocycles. The molecule has 5 nitrogen and oxygen atoms in total. The minimum Gasteiger partial charge on any atom is -0.497 e. The van der Waals surface area contributed by atoms with Crippen LogP contribution in [0.5, 0.6) is 5.75 Å². The fraction of sp³-hybridized carbons (Fsp3) is 0.440. The summed E-state index contributed by atoms with van der Waals surface area (Å²) in [6.07, 6.45) is 6.71. The van der Waals surface area contributed by atoms with Gasteiger partial charge >= 0.3 is 0 Å². The van der Waals surface area contributed by atoms with E-state index in [0.29, 0.717) is 13.0 Å². The van der Waals surface area contributed by atoms with Crippen LogP contribution in [0.3, 0.4) is 0 Å². The number of unbranched alkanes of at least 4 members (excludes halogenated alkanes) is 4. The van der Waals surface area contributed by atoms with Gasteiger partial charge in [-0.15, -0.1) is 0 Å². The Balaban J connectivity index is 1.58. The molecule has 0 saturated carbocycles. The molecule has 1 aliphatic rings. The second-order valence-electron chi connectivity index (χ2n) is 8.13. The van der Waals surface area contributed by atoms with Crippen LogP contribution in [-0.4, -0.2) is 29.1 Å². The van der Waals surface area contributed by atoms with Gasteiger partial charge in [0.1, 0.15) is 11.6 Å². The topological polar surface area (TPSA) is 47.4 Å². The fourth-order valence-corrected chi connectivity index (χ4v) is 4.42. The summed E-state index contributed by atoms with van der Waals surface area (Å²) in [6.45, 7) is 3.86. The molecule has 1 atom stereocenters. The number of methoxy groups -OCH3 is 1. The molecule has 5 heteroatoms. The van der Waals surface area contributed by atoms with E-state index in [0.717, 1.165) is 35.7 Å². The van der Waals surface area contributed by atoms with Gasteiger partial charge in [-0.2, -0.15) is 0 Å². The van der Waals surface area contributed by atoms with Crippen LogP contribution in [0.2, 0.25) is 0 Å². The minimum atomic E-state index is 0.103. The van der Waals surface area contributed by atoms with Crippen molar-refractivity contribution < 1.29 is 9.53 Å². The van der Waals surface area contributed by atoms with Crippen molar-refractivity contribution in [3.05, 3.63) is 54.4 Å². The molecule has 4 rings (SSSR count). The number of rotatable bonds is 9. The molecule has 2 heterocycles. The van der Waals surface area contributed by atoms with E-state index in [2.05, 4.69) is 29.7 Å². The van der Waals surface area contributed by atoms with Crippen LogP contribution < -0.4 is 9.64 Å². The highest BCUT2D eigenvalue weighted by Gasteiger charge is 2.34. The van der Waals surface area contributed by atoms with Crippen LogP contribution >= 0.6 is 0 Å². The number of hydrogen-bond donors (Lipinski definition) is 0. The van der Waals surface area contributed by atoms with E-state index in [4.69, 9.17) is 9.72 Å². The van der Waals surface area contributed by atoms with Gasteiger partial charge in [0.15, 0.2) is 0 Å². The van der Waals surface area contributed by atoms with Crippen molar-refractivity contribution >= 4 is 22.6 Å². The molecule has 0 N–H and O–H groups in total. The first kappa shape index (κ1) is 20.5. The number of para-hydroxylation sites is 2. The van der Waals surface area contributed by atoms with Gasteiger partial charge in [0.2, 0.25) is 5.91 Å². The monoisotopic (exact) mass is 405 g/mol. The molecule has 30 heavy (non-hydrogen) atoms. The van der Waals surface area contributed by atoms with E-state index in [1.165, 1.54) is 31.2 Å². The molecular formula is C25H31N3O2. The number of nitrogens with zero attached hydrogens (tertiary/aromatic N) is 3. The first-order valence-corrected chi connectivity index (χ1v) is 11.1. The summed E-state index contributed by atoms with van der Waals surface area (Å²) in [5, 5.41) is 0. The average Bonchev–Trinajstić information content (AvgIpc) is 3.34. The van der Waals surface area contributed by atoms with E-state index >= 15 is 0 Å². The third-order valence-electron chi connectivity index (χ3n) is 6.02. The number of aromatic nitrogens is 2. The average molecular weight is 406 g/mol. The summed E-state index contributed by atoms with van der Waals surface area (Å²) in [4.78, 5) is 19.7. The number of ether oxygens (including phenoxy) is 1. The summed E-state index contributed by atoms with van der Waals surface area (Å²) in [5.74, 6) is 2.06. The Morgan fingerprint density at radius 1 is 1.07 bits per heavy atom. The number of carbonyl (C=O) groups is 1. The van der Waals surface area contributed by atoms with Crippen LogP contribution in [0.4, 0.5) is 5.69 Å². The number of hydrogen-bond acceptors (Lipinski definition) is 3. The molecule has 1 unspecified atom stereocenters. The number of benzene rings is 2. The van der Waals surface area contributed by atoms with Crippen LogP contribution in [-0.2, 0) is 11.3 Å². The van der Waals surface area contributed by atoms with Crippen molar-refractivity contribution in [3.8, 4) is 5.75 Å². The van der Waals surface area contributed by atoms with Crippen molar-refractivity contribution in [3.63, 3.8) is 0 Å². The Labute approximate surface area is 178 Å². The van der Waals surface area contributed by atoms with Gasteiger partial charge in [-0.25, -0.2) is 4.98 Å². The summed E-state index contributed by atoms with van der Waals surface area (Å²) in [5.41, 5.74) is 3.09. The van der Waals surface area contributed by atoms with Crippen LogP contribution in [0.15, 0.2) is 48.5 Å². The Bertz CT molecular complexity index is 1010. The molecule has 1 amide bonds. The number of amides is 1. The first-order valence-electron chi connectivity index (χ1n) is 11.1. The molecular weight excluding hydrogens is 374 g/mol. The number of fused-ring (bicyclic) bond motifs is 1. The van der Waals surface area contributed by atoms with Crippen LogP contribution in [0, 0.1) is 0 Å². The van der Waals surface area contributed by atoms with Crippen molar-refractivity contribution in [2.75, 3.05) is 18.6 Å². The van der Waals surface area contributed by atoms with Gasteiger partial charge in [-0.1, -0.05) is 50.8 Å². The predicted molar refractivity (Wildman–Crippen MR) is 121 cm³/mol. The summed E-state index contributed by atoms with van der Waals surface area (Å²) >= 11 is 0. The molecule has 3 aromatic rings. The second-order valence-corrected chi connectivity index (χ2v) is 8.13. The maximum Gasteiger partial charge on any atom is 0.227 e. The lowest BCUT2D eigenvalue weighted by Gasteiger charge is -2.18. The Morgan fingerprint density at radius 2 is 1.90 bits per heavy atom. The molecule has 0 radical (unpaired) electrons. The van der Waals surface area contributed by atoms with Crippen molar-refractivity contribution in [2.45, 2.75) is 57.9 Å². The van der Waals surface area contributed by atoms with E-state index in [9.17, 15) is 4.79 Å². The molecule has 0 bridgehead atoms. The molecule has 158 valence electrons. The molecule has 0 spiro atoms. The minimum absolute atomic E-state index is 0.103. The predicted octanol–water partition coefficient (Wildman–Crippen LogP) is 5.54. The Morgan fingerprint density at radius 3 is 2.73 bits per heavy atom. The first-order chi connectivity index (χ1) is 14.7. The lowest BCUT2D eigenvalue weighted by molar-refractivity contribution is -0.117. The lowest BCUT2D eigenvalue weighted by atomic mass is 10.1. The van der Waals surface area contributed by atoms with Crippen LogP contribution in [0.25, 0.3) is 11.0 Å². The summed E-state index contributed by atoms with van der Waals surface area (Å²) in [7, 11) is 1.65. The lowest BCUT2D eigenvalue weighted by Crippen LogP contribution is -2.24. The Kier molecular flexibility index (Phi) is 6.36. The molecule has 1 aliphatic heterocycles. The smallest absolute Gasteiger partial charge is 0.227 e. The third kappa shape index (κ3) is 4.20. The summed E-state index contributed by atoms with van der Waals surface area (Å²) < 4.78 is 7.69. The number of imidazole rings is 1. The van der Waals surface area contributed by atoms with E-state index in [-0.39, 0.29) is 11.8 Å². The molecule has 1 saturated heterocycles. The maximum absolute atomic E-state index is 12.9. The summed E-state index contributed by atoms with van der Waals surface area (Å²) in [6, 6.07) is 16.1. The number of carbonyl (C=O) groups excluding carboxylic acids is 1. The zero-order chi connectivity index (χ0) is 20.9. The fourth-order valence-electron chi connectivity index (χ4n) is 4.42. The highest BCUT2D eigenvalue weighted by atomic mass is 16.5. The Hall–Kier alpha value is -2.82. The second kappa shape index (κ2) is 9.33. The zero-order valence-electron chi connectivity index (χ0n) is 18.0. The van der Waals surface area contributed by atoms with Gasteiger partial charge in [0.05, 0.1) is 18.1 Å². The van der Waals surface area contributed by atoms with Crippen LogP contribution in [0.1, 0.15) is 57.2 Å². The van der Waals surface area contributed by atoms with Crippen molar-refractivity contribution in [1.29, 1.82) is 0 Å². The molecule has 1 aromatic heterocycles. The maximum atomic E-state index is 12.9. The van der Waals surface area contributed by atoms with Gasteiger partial charge in [0.25, 0.3) is 0 Å². The number of aryl methyl sites for hydroxylation is 1. The third-order valence-corrected chi connectivity index (χ3v) is 6.02. The van der Waals surface area contributed by atoms with E-state index in [1.54, 1.807) is 7.11 Å². The van der Waals surface area contributed by atoms with Crippen molar-refractivity contribution in [1.82, 2.24) is 9.55 Å². The normalized spacial score (nSPS) is 16.5. The van der Waals surface area contributed by atoms with Gasteiger partial charge in [-0.3, -0.25) is 4.79 Å². The van der Waals surface area contributed by atoms with Gasteiger partial charge in [-0.05, 0) is 30.7 Å². The van der Waals surface area contributed by atoms with Crippen molar-refractivity contribution in [2.24, 2.45) is 0 Å². The SMILES string of the molecule is CCCCCCCn1c(C2CC(=O)N(c3cccc(OC)c3)C2)nc2ccccc21. The van der Waals surface area contributed by atoms with E-state index in [1.807, 2.05) is 35.2 Å². The molecule has 1 fully saturated rings. The largest absolute Gasteiger partial charge is 0.497 e. The molecule has 2 aromatic carbocycles. The van der Waals surface area contributed by atoms with Gasteiger partial charge < -0.3 is 14.2 Å². The highest BCUT2D eigenvalue weighted by Crippen LogP contribution is 2.34. The zero-order valence-corrected chi connectivity index (χ0v) is 18.0. The standard InChI is InChI=1S/C25H31N3O2/c1-3-4-5-6-9-15-27-23-14-8-7-13-22(23)26-25(27)19-16-24(29)28(18-19)20-11-10-12-21(17-20)30-2/h7-8,10-14,17,19H,3-6,9,15-16,18H2,1-2H3. The highest BCUT2D eigenvalue weighted by molar-refractivity contribution is 5.96. The van der Waals surface area contributed by atoms with E-state index < -0.39 is 0 Å². The van der Waals surface area contributed by atoms with Gasteiger partial charge in [0, 0.05) is 37.2 Å².